The molecule has 0 radical (unpaired) electrons. The number of ether oxygens (including phenoxy) is 2. The standard InChI is InChI=1S/C38H56O6/c1-5-7-8-9-29-12-15-33(16-13-29)34-17-19-35(20-18-34)36-21-14-30(22-32(36)6-2)10-11-31(25-43-37(41)27(3)23-39)26-44-38(42)28(4)24-40/h14,19,21-22,29,31,33-34,39-40H,3-13,15-18,20,23-26H2,1-2H3. The van der Waals surface area contributed by atoms with Gasteiger partial charge >= 0.3 is 11.9 Å². The lowest BCUT2D eigenvalue weighted by Crippen LogP contribution is -2.23. The Morgan fingerprint density at radius 3 is 2.11 bits per heavy atom. The molecule has 3 rings (SSSR count). The number of esters is 2. The second-order valence-electron chi connectivity index (χ2n) is 13.0. The van der Waals surface area contributed by atoms with Crippen molar-refractivity contribution < 1.29 is 29.3 Å². The zero-order chi connectivity index (χ0) is 31.9. The van der Waals surface area contributed by atoms with Crippen LogP contribution in [0.25, 0.3) is 5.57 Å². The van der Waals surface area contributed by atoms with Crippen LogP contribution in [0.15, 0.2) is 48.6 Å². The highest BCUT2D eigenvalue weighted by Gasteiger charge is 2.29. The summed E-state index contributed by atoms with van der Waals surface area (Å²) in [6.07, 6.45) is 19.8. The van der Waals surface area contributed by atoms with Crippen LogP contribution >= 0.6 is 0 Å². The lowest BCUT2D eigenvalue weighted by molar-refractivity contribution is -0.144. The van der Waals surface area contributed by atoms with E-state index in [1.54, 1.807) is 0 Å². The third-order valence-electron chi connectivity index (χ3n) is 9.82. The summed E-state index contributed by atoms with van der Waals surface area (Å²) in [5.74, 6) is 1.12. The van der Waals surface area contributed by atoms with Gasteiger partial charge in [-0.05, 0) is 91.4 Å². The minimum absolute atomic E-state index is 0.0221. The highest BCUT2D eigenvalue weighted by atomic mass is 16.5. The van der Waals surface area contributed by atoms with Gasteiger partial charge in [0.15, 0.2) is 0 Å². The van der Waals surface area contributed by atoms with Gasteiger partial charge in [-0.1, -0.05) is 89.8 Å². The van der Waals surface area contributed by atoms with Crippen molar-refractivity contribution >= 4 is 17.5 Å². The number of aryl methyl sites for hydroxylation is 2. The molecule has 0 aliphatic heterocycles. The van der Waals surface area contributed by atoms with Crippen molar-refractivity contribution in [1.82, 2.24) is 0 Å². The fourth-order valence-corrected chi connectivity index (χ4v) is 6.87. The number of carbonyl (C=O) groups is 2. The second-order valence-corrected chi connectivity index (χ2v) is 13.0. The molecule has 2 aliphatic carbocycles. The molecule has 0 heterocycles. The lowest BCUT2D eigenvalue weighted by atomic mass is 9.70. The number of benzene rings is 1. The van der Waals surface area contributed by atoms with Crippen molar-refractivity contribution in [2.45, 2.75) is 104 Å². The van der Waals surface area contributed by atoms with Crippen LogP contribution in [0, 0.1) is 23.7 Å². The van der Waals surface area contributed by atoms with Crippen molar-refractivity contribution in [2.24, 2.45) is 23.7 Å². The SMILES string of the molecule is C=C(CO)C(=O)OCC(CCc1ccc(C2=CCC(C3CCC(CCCCC)CC3)CC2)c(CC)c1)COC(=O)C(=C)CO. The minimum atomic E-state index is -0.667. The first kappa shape index (κ1) is 35.8. The predicted molar refractivity (Wildman–Crippen MR) is 177 cm³/mol. The Labute approximate surface area is 265 Å². The summed E-state index contributed by atoms with van der Waals surface area (Å²) in [6.45, 7) is 10.6. The van der Waals surface area contributed by atoms with E-state index in [4.69, 9.17) is 19.7 Å². The summed E-state index contributed by atoms with van der Waals surface area (Å²) in [5.41, 5.74) is 5.37. The van der Waals surface area contributed by atoms with Gasteiger partial charge in [-0.2, -0.15) is 0 Å². The summed E-state index contributed by atoms with van der Waals surface area (Å²) >= 11 is 0. The Kier molecular flexibility index (Phi) is 15.4. The maximum absolute atomic E-state index is 12.0. The van der Waals surface area contributed by atoms with E-state index in [1.165, 1.54) is 86.5 Å². The average Bonchev–Trinajstić information content (AvgIpc) is 3.07. The van der Waals surface area contributed by atoms with E-state index < -0.39 is 25.2 Å². The molecule has 1 atom stereocenters. The molecule has 1 unspecified atom stereocenters. The first-order chi connectivity index (χ1) is 21.3. The third-order valence-corrected chi connectivity index (χ3v) is 9.82. The first-order valence-corrected chi connectivity index (χ1v) is 17.0. The van der Waals surface area contributed by atoms with Gasteiger partial charge in [0.05, 0.1) is 37.6 Å². The van der Waals surface area contributed by atoms with E-state index in [-0.39, 0.29) is 30.3 Å². The summed E-state index contributed by atoms with van der Waals surface area (Å²) in [4.78, 5) is 24.1. The van der Waals surface area contributed by atoms with E-state index in [0.717, 1.165) is 37.0 Å². The van der Waals surface area contributed by atoms with Gasteiger partial charge < -0.3 is 19.7 Å². The molecule has 1 aromatic rings. The monoisotopic (exact) mass is 608 g/mol. The van der Waals surface area contributed by atoms with Gasteiger partial charge in [0, 0.05) is 5.92 Å². The van der Waals surface area contributed by atoms with Crippen LogP contribution < -0.4 is 0 Å². The van der Waals surface area contributed by atoms with E-state index in [9.17, 15) is 9.59 Å². The zero-order valence-corrected chi connectivity index (χ0v) is 27.3. The van der Waals surface area contributed by atoms with Crippen LogP contribution in [-0.4, -0.2) is 48.6 Å². The number of unbranched alkanes of at least 4 members (excludes halogenated alkanes) is 2. The predicted octanol–water partition coefficient (Wildman–Crippen LogP) is 7.55. The fourth-order valence-electron chi connectivity index (χ4n) is 6.87. The Morgan fingerprint density at radius 2 is 1.57 bits per heavy atom. The van der Waals surface area contributed by atoms with Crippen molar-refractivity contribution in [2.75, 3.05) is 26.4 Å². The van der Waals surface area contributed by atoms with Gasteiger partial charge in [0.25, 0.3) is 0 Å². The van der Waals surface area contributed by atoms with E-state index in [1.807, 2.05) is 0 Å². The number of hydrogen-bond acceptors (Lipinski definition) is 6. The normalized spacial score (nSPS) is 20.2. The third kappa shape index (κ3) is 11.0. The fraction of sp³-hybridized carbons (Fsp3) is 0.632. The molecule has 244 valence electrons. The lowest BCUT2D eigenvalue weighted by Gasteiger charge is -2.35. The molecule has 1 aromatic carbocycles. The van der Waals surface area contributed by atoms with Crippen LogP contribution in [0.1, 0.15) is 108 Å². The van der Waals surface area contributed by atoms with Crippen molar-refractivity contribution in [3.8, 4) is 0 Å². The van der Waals surface area contributed by atoms with Gasteiger partial charge in [-0.3, -0.25) is 0 Å². The maximum atomic E-state index is 12.0. The highest BCUT2D eigenvalue weighted by molar-refractivity contribution is 5.88. The molecular formula is C38H56O6. The zero-order valence-electron chi connectivity index (χ0n) is 27.3. The number of aliphatic hydroxyl groups is 2. The largest absolute Gasteiger partial charge is 0.462 e. The molecule has 2 N–H and O–H groups in total. The van der Waals surface area contributed by atoms with Gasteiger partial charge in [0.2, 0.25) is 0 Å². The number of rotatable bonds is 18. The van der Waals surface area contributed by atoms with Crippen LogP contribution in [0.5, 0.6) is 0 Å². The molecule has 1 fully saturated rings. The molecule has 6 heteroatoms. The van der Waals surface area contributed by atoms with E-state index >= 15 is 0 Å². The number of hydrogen-bond donors (Lipinski definition) is 2. The maximum Gasteiger partial charge on any atom is 0.335 e. The number of allylic oxidation sites excluding steroid dienone is 2. The molecular weight excluding hydrogens is 552 g/mol. The van der Waals surface area contributed by atoms with Gasteiger partial charge in [-0.15, -0.1) is 0 Å². The number of carbonyl (C=O) groups excluding carboxylic acids is 2. The molecule has 0 spiro atoms. The number of aliphatic hydroxyl groups excluding tert-OH is 2. The first-order valence-electron chi connectivity index (χ1n) is 17.0. The Bertz CT molecular complexity index is 1090. The Morgan fingerprint density at radius 1 is 0.909 bits per heavy atom. The van der Waals surface area contributed by atoms with Crippen molar-refractivity contribution in [1.29, 1.82) is 0 Å². The van der Waals surface area contributed by atoms with Crippen LogP contribution in [0.4, 0.5) is 0 Å². The molecule has 0 bridgehead atoms. The van der Waals surface area contributed by atoms with Crippen LogP contribution in [0.2, 0.25) is 0 Å². The van der Waals surface area contributed by atoms with E-state index in [0.29, 0.717) is 6.42 Å². The molecule has 44 heavy (non-hydrogen) atoms. The quantitative estimate of drug-likeness (QED) is 0.102. The summed E-state index contributed by atoms with van der Waals surface area (Å²) in [6, 6.07) is 6.75. The van der Waals surface area contributed by atoms with Gasteiger partial charge in [0.1, 0.15) is 0 Å². The van der Waals surface area contributed by atoms with Crippen molar-refractivity contribution in [3.63, 3.8) is 0 Å². The smallest absolute Gasteiger partial charge is 0.335 e. The summed E-state index contributed by atoms with van der Waals surface area (Å²) < 4.78 is 10.6. The Balaban J connectivity index is 1.57. The Hall–Kier alpha value is -2.70. The van der Waals surface area contributed by atoms with Crippen molar-refractivity contribution in [3.05, 3.63) is 65.3 Å². The molecule has 1 saturated carbocycles. The average molecular weight is 609 g/mol. The van der Waals surface area contributed by atoms with Crippen LogP contribution in [0.3, 0.4) is 0 Å². The second kappa shape index (κ2) is 19.0. The minimum Gasteiger partial charge on any atom is -0.462 e. The van der Waals surface area contributed by atoms with Crippen LogP contribution in [-0.2, 0) is 31.9 Å². The molecule has 0 saturated heterocycles. The highest BCUT2D eigenvalue weighted by Crippen LogP contribution is 2.42. The molecule has 6 nitrogen and oxygen atoms in total. The molecule has 0 amide bonds. The molecule has 2 aliphatic rings. The molecule has 0 aromatic heterocycles. The topological polar surface area (TPSA) is 93.1 Å². The van der Waals surface area contributed by atoms with Gasteiger partial charge in [-0.25, -0.2) is 9.59 Å². The van der Waals surface area contributed by atoms with E-state index in [2.05, 4.69) is 51.3 Å². The summed E-state index contributed by atoms with van der Waals surface area (Å²) in [7, 11) is 0. The summed E-state index contributed by atoms with van der Waals surface area (Å²) in [5, 5.41) is 18.3.